The van der Waals surface area contributed by atoms with Gasteiger partial charge in [0, 0.05) is 23.8 Å². The Kier molecular flexibility index (Phi) is 7.44. The summed E-state index contributed by atoms with van der Waals surface area (Å²) in [6.45, 7) is 6.01. The number of rotatable bonds is 6. The number of nitrogens with one attached hydrogen (secondary N) is 1. The fourth-order valence-electron chi connectivity index (χ4n) is 4.22. The van der Waals surface area contributed by atoms with Crippen molar-refractivity contribution in [2.75, 3.05) is 18.4 Å². The molecule has 1 N–H and O–H groups in total. The van der Waals surface area contributed by atoms with Gasteiger partial charge in [0.05, 0.1) is 5.92 Å². The van der Waals surface area contributed by atoms with Crippen molar-refractivity contribution < 1.29 is 17.7 Å². The monoisotopic (exact) mass is 513 g/mol. The van der Waals surface area contributed by atoms with Crippen molar-refractivity contribution in [3.63, 3.8) is 0 Å². The number of carbonyl (C=O) groups is 1. The van der Waals surface area contributed by atoms with Crippen LogP contribution in [0.1, 0.15) is 41.0 Å². The Hall–Kier alpha value is -2.94. The second-order valence-electron chi connectivity index (χ2n) is 8.86. The first kappa shape index (κ1) is 25.2. The second kappa shape index (κ2) is 10.4. The van der Waals surface area contributed by atoms with Gasteiger partial charge in [0.1, 0.15) is 5.69 Å². The minimum absolute atomic E-state index is 0.0370. The first-order valence-electron chi connectivity index (χ1n) is 11.4. The van der Waals surface area contributed by atoms with Gasteiger partial charge in [0.2, 0.25) is 15.9 Å². The number of hydrogen-bond acceptors (Lipinski definition) is 5. The van der Waals surface area contributed by atoms with Crippen LogP contribution < -0.4 is 5.32 Å². The standard InChI is InChI=1S/C26H28ClN3O4S/c1-17-9-10-18(2)20(14-17)11-12-24-25(19(3)29-34-24)35(32,33)30-13-5-6-21(16-30)26(31)28-23-8-4-7-22(27)15-23/h4,7-12,14-15,21H,5-6,13,16H2,1-3H3,(H,28,31). The third-order valence-corrected chi connectivity index (χ3v) is 8.39. The highest BCUT2D eigenvalue weighted by atomic mass is 35.5. The minimum atomic E-state index is -3.92. The highest BCUT2D eigenvalue weighted by molar-refractivity contribution is 7.89. The van der Waals surface area contributed by atoms with Crippen molar-refractivity contribution in [3.8, 4) is 0 Å². The number of hydrogen-bond donors (Lipinski definition) is 1. The lowest BCUT2D eigenvalue weighted by molar-refractivity contribution is -0.120. The number of aromatic nitrogens is 1. The smallest absolute Gasteiger partial charge is 0.248 e. The molecular weight excluding hydrogens is 486 g/mol. The van der Waals surface area contributed by atoms with Crippen LogP contribution in [0.2, 0.25) is 5.02 Å². The Bertz CT molecular complexity index is 1380. The molecule has 4 rings (SSSR count). The summed E-state index contributed by atoms with van der Waals surface area (Å²) >= 11 is 6.01. The number of piperidine rings is 1. The molecule has 1 aromatic heterocycles. The Labute approximate surface area is 210 Å². The summed E-state index contributed by atoms with van der Waals surface area (Å²) in [7, 11) is -3.92. The van der Waals surface area contributed by atoms with E-state index < -0.39 is 15.9 Å². The number of anilines is 1. The van der Waals surface area contributed by atoms with Crippen LogP contribution in [-0.2, 0) is 14.8 Å². The molecule has 1 aliphatic rings. The van der Waals surface area contributed by atoms with Crippen molar-refractivity contribution in [2.24, 2.45) is 5.92 Å². The molecule has 1 saturated heterocycles. The molecule has 0 aliphatic carbocycles. The van der Waals surface area contributed by atoms with E-state index in [0.717, 1.165) is 16.7 Å². The molecule has 2 aromatic carbocycles. The Morgan fingerprint density at radius 1 is 1.17 bits per heavy atom. The molecular formula is C26H28ClN3O4S. The first-order chi connectivity index (χ1) is 16.6. The van der Waals surface area contributed by atoms with E-state index in [2.05, 4.69) is 10.5 Å². The third-order valence-electron chi connectivity index (χ3n) is 6.13. The molecule has 1 aliphatic heterocycles. The summed E-state index contributed by atoms with van der Waals surface area (Å²) in [5.41, 5.74) is 4.01. The average molecular weight is 514 g/mol. The Balaban J connectivity index is 1.55. The van der Waals surface area contributed by atoms with Crippen LogP contribution in [0.5, 0.6) is 0 Å². The van der Waals surface area contributed by atoms with Crippen LogP contribution in [0.15, 0.2) is 51.9 Å². The van der Waals surface area contributed by atoms with Gasteiger partial charge in [-0.15, -0.1) is 0 Å². The van der Waals surface area contributed by atoms with E-state index in [0.29, 0.717) is 30.1 Å². The van der Waals surface area contributed by atoms with Gasteiger partial charge < -0.3 is 9.84 Å². The largest absolute Gasteiger partial charge is 0.355 e. The van der Waals surface area contributed by atoms with Crippen LogP contribution in [0.25, 0.3) is 12.2 Å². The molecule has 1 atom stereocenters. The van der Waals surface area contributed by atoms with E-state index in [9.17, 15) is 13.2 Å². The summed E-state index contributed by atoms with van der Waals surface area (Å²) < 4.78 is 34.0. The van der Waals surface area contributed by atoms with Crippen LogP contribution in [0.4, 0.5) is 5.69 Å². The molecule has 9 heteroatoms. The lowest BCUT2D eigenvalue weighted by Crippen LogP contribution is -2.43. The van der Waals surface area contributed by atoms with Gasteiger partial charge in [-0.05, 0) is 69.0 Å². The third kappa shape index (κ3) is 5.66. The molecule has 0 spiro atoms. The number of nitrogens with zero attached hydrogens (tertiary/aromatic N) is 2. The summed E-state index contributed by atoms with van der Waals surface area (Å²) in [6, 6.07) is 12.9. The Morgan fingerprint density at radius 2 is 1.97 bits per heavy atom. The summed E-state index contributed by atoms with van der Waals surface area (Å²) in [5, 5.41) is 7.28. The quantitative estimate of drug-likeness (QED) is 0.472. The molecule has 0 radical (unpaired) electrons. The van der Waals surface area contributed by atoms with Crippen molar-refractivity contribution in [1.82, 2.24) is 9.46 Å². The van der Waals surface area contributed by atoms with Gasteiger partial charge in [-0.3, -0.25) is 4.79 Å². The van der Waals surface area contributed by atoms with Gasteiger partial charge in [-0.1, -0.05) is 52.7 Å². The number of carbonyl (C=O) groups excluding carboxylic acids is 1. The zero-order valence-corrected chi connectivity index (χ0v) is 21.5. The highest BCUT2D eigenvalue weighted by Crippen LogP contribution is 2.30. The molecule has 0 bridgehead atoms. The van der Waals surface area contributed by atoms with E-state index in [1.165, 1.54) is 4.31 Å². The van der Waals surface area contributed by atoms with Gasteiger partial charge >= 0.3 is 0 Å². The van der Waals surface area contributed by atoms with Crippen LogP contribution in [0, 0.1) is 26.7 Å². The fraction of sp³-hybridized carbons (Fsp3) is 0.308. The predicted octanol–water partition coefficient (Wildman–Crippen LogP) is 5.46. The van der Waals surface area contributed by atoms with Crippen molar-refractivity contribution >= 4 is 45.4 Å². The van der Waals surface area contributed by atoms with E-state index in [1.807, 2.05) is 38.1 Å². The maximum Gasteiger partial charge on any atom is 0.248 e. The average Bonchev–Trinajstić information content (AvgIpc) is 3.21. The van der Waals surface area contributed by atoms with Crippen LogP contribution >= 0.6 is 11.6 Å². The SMILES string of the molecule is Cc1ccc(C)c(C=Cc2onc(C)c2S(=O)(=O)N2CCCC(C(=O)Nc3cccc(Cl)c3)C2)c1. The number of sulfonamides is 1. The molecule has 35 heavy (non-hydrogen) atoms. The summed E-state index contributed by atoms with van der Waals surface area (Å²) in [5.74, 6) is -0.537. The van der Waals surface area contributed by atoms with E-state index in [1.54, 1.807) is 37.3 Å². The van der Waals surface area contributed by atoms with Gasteiger partial charge in [0.15, 0.2) is 10.7 Å². The van der Waals surface area contributed by atoms with Crippen LogP contribution in [-0.4, -0.2) is 36.9 Å². The lowest BCUT2D eigenvalue weighted by atomic mass is 9.99. The number of amides is 1. The molecule has 1 amide bonds. The van der Waals surface area contributed by atoms with E-state index in [-0.39, 0.29) is 28.8 Å². The number of halogens is 1. The van der Waals surface area contributed by atoms with E-state index >= 15 is 0 Å². The minimum Gasteiger partial charge on any atom is -0.355 e. The van der Waals surface area contributed by atoms with Gasteiger partial charge in [-0.25, -0.2) is 8.42 Å². The molecule has 3 aromatic rings. The molecule has 1 fully saturated rings. The maximum absolute atomic E-state index is 13.6. The number of benzene rings is 2. The normalized spacial score (nSPS) is 17.1. The van der Waals surface area contributed by atoms with Gasteiger partial charge in [0.25, 0.3) is 0 Å². The molecule has 0 saturated carbocycles. The maximum atomic E-state index is 13.6. The van der Waals surface area contributed by atoms with Crippen LogP contribution in [0.3, 0.4) is 0 Å². The highest BCUT2D eigenvalue weighted by Gasteiger charge is 2.37. The molecule has 184 valence electrons. The molecule has 1 unspecified atom stereocenters. The summed E-state index contributed by atoms with van der Waals surface area (Å²) in [6.07, 6.45) is 4.64. The van der Waals surface area contributed by atoms with Gasteiger partial charge in [-0.2, -0.15) is 4.31 Å². The summed E-state index contributed by atoms with van der Waals surface area (Å²) in [4.78, 5) is 12.9. The first-order valence-corrected chi connectivity index (χ1v) is 13.2. The van der Waals surface area contributed by atoms with E-state index in [4.69, 9.17) is 16.1 Å². The topological polar surface area (TPSA) is 92.5 Å². The second-order valence-corrected chi connectivity index (χ2v) is 11.2. The van der Waals surface area contributed by atoms with Crippen molar-refractivity contribution in [1.29, 1.82) is 0 Å². The number of aryl methyl sites for hydroxylation is 3. The Morgan fingerprint density at radius 3 is 2.74 bits per heavy atom. The lowest BCUT2D eigenvalue weighted by Gasteiger charge is -2.31. The zero-order chi connectivity index (χ0) is 25.2. The van der Waals surface area contributed by atoms with Crippen molar-refractivity contribution in [3.05, 3.63) is 75.6 Å². The van der Waals surface area contributed by atoms with Crippen molar-refractivity contribution in [2.45, 2.75) is 38.5 Å². The predicted molar refractivity (Wildman–Crippen MR) is 138 cm³/mol. The molecule has 7 nitrogen and oxygen atoms in total. The molecule has 2 heterocycles. The fourth-order valence-corrected chi connectivity index (χ4v) is 6.18. The zero-order valence-electron chi connectivity index (χ0n) is 19.9.